The van der Waals surface area contributed by atoms with Gasteiger partial charge in [0.05, 0.1) is 25.4 Å². The molecule has 0 radical (unpaired) electrons. The van der Waals surface area contributed by atoms with Crippen molar-refractivity contribution in [1.29, 1.82) is 0 Å². The van der Waals surface area contributed by atoms with E-state index in [9.17, 15) is 5.11 Å². The van der Waals surface area contributed by atoms with Gasteiger partial charge in [0, 0.05) is 6.04 Å². The Hall–Kier alpha value is -0.160. The van der Waals surface area contributed by atoms with Crippen LogP contribution in [0.15, 0.2) is 0 Å². The van der Waals surface area contributed by atoms with E-state index in [1.807, 2.05) is 27.7 Å². The standard InChI is InChI=1S/C10H21NO3/c1-8(2)11-10(5-12)6-13-9(3,4)14-7-10/h8,11-12H,5-7H2,1-4H3. The molecule has 2 N–H and O–H groups in total. The SMILES string of the molecule is CC(C)NC1(CO)COC(C)(C)OC1. The molecule has 84 valence electrons. The van der Waals surface area contributed by atoms with Crippen LogP contribution in [0.25, 0.3) is 0 Å². The number of ether oxygens (including phenoxy) is 2. The zero-order valence-corrected chi connectivity index (χ0v) is 9.46. The van der Waals surface area contributed by atoms with Gasteiger partial charge in [-0.05, 0) is 13.8 Å². The maximum Gasteiger partial charge on any atom is 0.162 e. The summed E-state index contributed by atoms with van der Waals surface area (Å²) in [6, 6.07) is 0.301. The molecule has 4 nitrogen and oxygen atoms in total. The van der Waals surface area contributed by atoms with E-state index < -0.39 is 11.3 Å². The molecular weight excluding hydrogens is 182 g/mol. The van der Waals surface area contributed by atoms with E-state index in [4.69, 9.17) is 9.47 Å². The molecule has 0 spiro atoms. The van der Waals surface area contributed by atoms with Gasteiger partial charge in [-0.25, -0.2) is 0 Å². The second kappa shape index (κ2) is 4.14. The van der Waals surface area contributed by atoms with Gasteiger partial charge in [-0.1, -0.05) is 13.8 Å². The minimum Gasteiger partial charge on any atom is -0.394 e. The first-order chi connectivity index (χ1) is 6.39. The molecule has 4 heteroatoms. The van der Waals surface area contributed by atoms with Crippen LogP contribution >= 0.6 is 0 Å². The first kappa shape index (κ1) is 11.9. The van der Waals surface area contributed by atoms with Gasteiger partial charge in [-0.15, -0.1) is 0 Å². The third kappa shape index (κ3) is 2.92. The van der Waals surface area contributed by atoms with E-state index >= 15 is 0 Å². The second-order valence-corrected chi connectivity index (χ2v) is 4.71. The maximum atomic E-state index is 9.34. The van der Waals surface area contributed by atoms with Gasteiger partial charge in [0.15, 0.2) is 5.79 Å². The van der Waals surface area contributed by atoms with Crippen LogP contribution in [0.2, 0.25) is 0 Å². The third-order valence-corrected chi connectivity index (χ3v) is 2.29. The molecule has 0 amide bonds. The highest BCUT2D eigenvalue weighted by molar-refractivity contribution is 4.92. The highest BCUT2D eigenvalue weighted by atomic mass is 16.7. The van der Waals surface area contributed by atoms with E-state index in [1.165, 1.54) is 0 Å². The molecule has 0 unspecified atom stereocenters. The Kier molecular flexibility index (Phi) is 3.53. The summed E-state index contributed by atoms with van der Waals surface area (Å²) >= 11 is 0. The molecule has 0 atom stereocenters. The van der Waals surface area contributed by atoms with Crippen molar-refractivity contribution in [1.82, 2.24) is 5.32 Å². The predicted octanol–water partition coefficient (Wildman–Crippen LogP) is 0.498. The summed E-state index contributed by atoms with van der Waals surface area (Å²) in [5, 5.41) is 12.6. The van der Waals surface area contributed by atoms with Crippen molar-refractivity contribution >= 4 is 0 Å². The van der Waals surface area contributed by atoms with Gasteiger partial charge < -0.3 is 19.9 Å². The van der Waals surface area contributed by atoms with Crippen LogP contribution in [-0.2, 0) is 9.47 Å². The summed E-state index contributed by atoms with van der Waals surface area (Å²) in [6.45, 7) is 8.83. The van der Waals surface area contributed by atoms with Crippen LogP contribution < -0.4 is 5.32 Å². The number of nitrogens with one attached hydrogen (secondary N) is 1. The highest BCUT2D eigenvalue weighted by Crippen LogP contribution is 2.23. The second-order valence-electron chi connectivity index (χ2n) is 4.71. The van der Waals surface area contributed by atoms with Crippen molar-refractivity contribution in [2.24, 2.45) is 0 Å². The number of aliphatic hydroxyl groups is 1. The quantitative estimate of drug-likeness (QED) is 0.701. The lowest BCUT2D eigenvalue weighted by atomic mass is 10.0. The van der Waals surface area contributed by atoms with E-state index in [1.54, 1.807) is 0 Å². The molecule has 0 aromatic heterocycles. The summed E-state index contributed by atoms with van der Waals surface area (Å²) in [4.78, 5) is 0. The molecular formula is C10H21NO3. The van der Waals surface area contributed by atoms with Gasteiger partial charge in [-0.2, -0.15) is 0 Å². The van der Waals surface area contributed by atoms with Gasteiger partial charge >= 0.3 is 0 Å². The van der Waals surface area contributed by atoms with E-state index in [2.05, 4.69) is 5.32 Å². The molecule has 0 aliphatic carbocycles. The topological polar surface area (TPSA) is 50.7 Å². The molecule has 1 fully saturated rings. The molecule has 1 heterocycles. The predicted molar refractivity (Wildman–Crippen MR) is 54.1 cm³/mol. The minimum absolute atomic E-state index is 0.0290. The lowest BCUT2D eigenvalue weighted by Gasteiger charge is -2.43. The smallest absolute Gasteiger partial charge is 0.162 e. The molecule has 14 heavy (non-hydrogen) atoms. The number of rotatable bonds is 3. The summed E-state index contributed by atoms with van der Waals surface area (Å²) in [7, 11) is 0. The Morgan fingerprint density at radius 3 is 2.14 bits per heavy atom. The van der Waals surface area contributed by atoms with Crippen molar-refractivity contribution in [2.45, 2.75) is 45.1 Å². The lowest BCUT2D eigenvalue weighted by molar-refractivity contribution is -0.276. The van der Waals surface area contributed by atoms with Gasteiger partial charge in [-0.3, -0.25) is 0 Å². The first-order valence-corrected chi connectivity index (χ1v) is 5.06. The van der Waals surface area contributed by atoms with Crippen molar-refractivity contribution in [2.75, 3.05) is 19.8 Å². The Bertz CT molecular complexity index is 182. The molecule has 0 bridgehead atoms. The molecule has 1 saturated heterocycles. The lowest BCUT2D eigenvalue weighted by Crippen LogP contribution is -2.63. The summed E-state index contributed by atoms with van der Waals surface area (Å²) in [5.41, 5.74) is -0.441. The highest BCUT2D eigenvalue weighted by Gasteiger charge is 2.39. The van der Waals surface area contributed by atoms with Crippen molar-refractivity contribution in [3.05, 3.63) is 0 Å². The van der Waals surface area contributed by atoms with E-state index in [0.717, 1.165) is 0 Å². The maximum absolute atomic E-state index is 9.34. The number of aliphatic hydroxyl groups excluding tert-OH is 1. The molecule has 1 rings (SSSR count). The van der Waals surface area contributed by atoms with E-state index in [-0.39, 0.29) is 6.61 Å². The van der Waals surface area contributed by atoms with Crippen LogP contribution in [0.3, 0.4) is 0 Å². The van der Waals surface area contributed by atoms with Crippen molar-refractivity contribution in [3.63, 3.8) is 0 Å². The fourth-order valence-electron chi connectivity index (χ4n) is 1.54. The third-order valence-electron chi connectivity index (χ3n) is 2.29. The van der Waals surface area contributed by atoms with Crippen LogP contribution in [-0.4, -0.2) is 42.3 Å². The van der Waals surface area contributed by atoms with Crippen LogP contribution in [0, 0.1) is 0 Å². The Labute approximate surface area is 85.6 Å². The van der Waals surface area contributed by atoms with Crippen molar-refractivity contribution < 1.29 is 14.6 Å². The summed E-state index contributed by atoms with van der Waals surface area (Å²) in [5.74, 6) is -0.530. The van der Waals surface area contributed by atoms with E-state index in [0.29, 0.717) is 19.3 Å². The molecule has 0 aromatic carbocycles. The fraction of sp³-hybridized carbons (Fsp3) is 1.00. The number of hydrogen-bond donors (Lipinski definition) is 2. The van der Waals surface area contributed by atoms with Gasteiger partial charge in [0.25, 0.3) is 0 Å². The molecule has 0 saturated carbocycles. The molecule has 1 aliphatic heterocycles. The van der Waals surface area contributed by atoms with Crippen LogP contribution in [0.1, 0.15) is 27.7 Å². The Morgan fingerprint density at radius 2 is 1.79 bits per heavy atom. The summed E-state index contributed by atoms with van der Waals surface area (Å²) in [6.07, 6.45) is 0. The average molecular weight is 203 g/mol. The van der Waals surface area contributed by atoms with Crippen LogP contribution in [0.5, 0.6) is 0 Å². The molecule has 1 aliphatic rings. The fourth-order valence-corrected chi connectivity index (χ4v) is 1.54. The molecule has 0 aromatic rings. The monoisotopic (exact) mass is 203 g/mol. The summed E-state index contributed by atoms with van der Waals surface area (Å²) < 4.78 is 11.1. The Balaban J connectivity index is 2.57. The van der Waals surface area contributed by atoms with Crippen LogP contribution in [0.4, 0.5) is 0 Å². The minimum atomic E-state index is -0.530. The normalized spacial score (nSPS) is 25.3. The number of hydrogen-bond acceptors (Lipinski definition) is 4. The van der Waals surface area contributed by atoms with Gasteiger partial charge in [0.1, 0.15) is 0 Å². The largest absolute Gasteiger partial charge is 0.394 e. The van der Waals surface area contributed by atoms with Crippen molar-refractivity contribution in [3.8, 4) is 0 Å². The Morgan fingerprint density at radius 1 is 1.29 bits per heavy atom. The average Bonchev–Trinajstić information content (AvgIpc) is 2.09. The van der Waals surface area contributed by atoms with Gasteiger partial charge in [0.2, 0.25) is 0 Å². The zero-order chi connectivity index (χ0) is 10.8. The first-order valence-electron chi connectivity index (χ1n) is 5.06. The zero-order valence-electron chi connectivity index (χ0n) is 9.46.